The number of hydrogen-bond acceptors (Lipinski definition) is 6. The molecule has 1 atom stereocenters. The second-order valence-electron chi connectivity index (χ2n) is 4.72. The highest BCUT2D eigenvalue weighted by Gasteiger charge is 2.19. The fraction of sp³-hybridized carbons (Fsp3) is 0.583. The standard InChI is InChI=1S/C12H18N6/c1-17-4-3-10(7-17)6-14-11-5-12(16-9-15-11)18(2)8-13/h5,9-10H,3-4,6-7H2,1-2H3,(H,14,15,16). The molecule has 2 rings (SSSR count). The predicted molar refractivity (Wildman–Crippen MR) is 70.1 cm³/mol. The van der Waals surface area contributed by atoms with Crippen molar-refractivity contribution in [3.05, 3.63) is 12.4 Å². The lowest BCUT2D eigenvalue weighted by atomic mass is 10.1. The highest BCUT2D eigenvalue weighted by atomic mass is 15.2. The van der Waals surface area contributed by atoms with Gasteiger partial charge in [-0.05, 0) is 25.9 Å². The molecule has 0 aliphatic carbocycles. The van der Waals surface area contributed by atoms with Gasteiger partial charge < -0.3 is 10.2 Å². The number of nitrogens with one attached hydrogen (secondary N) is 1. The molecule has 1 aromatic rings. The molecule has 1 fully saturated rings. The van der Waals surface area contributed by atoms with Crippen LogP contribution in [-0.2, 0) is 0 Å². The van der Waals surface area contributed by atoms with Crippen LogP contribution in [0, 0.1) is 17.4 Å². The van der Waals surface area contributed by atoms with Crippen molar-refractivity contribution in [1.82, 2.24) is 14.9 Å². The Morgan fingerprint density at radius 3 is 3.11 bits per heavy atom. The summed E-state index contributed by atoms with van der Waals surface area (Å²) in [7, 11) is 3.82. The van der Waals surface area contributed by atoms with Crippen molar-refractivity contribution in [2.24, 2.45) is 5.92 Å². The zero-order valence-corrected chi connectivity index (χ0v) is 10.8. The second kappa shape index (κ2) is 5.65. The van der Waals surface area contributed by atoms with Crippen LogP contribution in [0.5, 0.6) is 0 Å². The Balaban J connectivity index is 1.91. The Morgan fingerprint density at radius 1 is 1.61 bits per heavy atom. The molecule has 1 aliphatic heterocycles. The summed E-state index contributed by atoms with van der Waals surface area (Å²) in [6.45, 7) is 3.21. The molecule has 96 valence electrons. The maximum absolute atomic E-state index is 8.80. The molecule has 6 nitrogen and oxygen atoms in total. The molecule has 0 spiro atoms. The first kappa shape index (κ1) is 12.6. The van der Waals surface area contributed by atoms with E-state index in [1.807, 2.05) is 6.19 Å². The minimum absolute atomic E-state index is 0.610. The molecule has 0 bridgehead atoms. The summed E-state index contributed by atoms with van der Waals surface area (Å²) in [6, 6.07) is 1.79. The Bertz CT molecular complexity index is 440. The van der Waals surface area contributed by atoms with E-state index in [1.165, 1.54) is 24.2 Å². The number of likely N-dealkylation sites (tertiary alicyclic amines) is 1. The van der Waals surface area contributed by atoms with Gasteiger partial charge in [0.05, 0.1) is 0 Å². The van der Waals surface area contributed by atoms with Crippen LogP contribution >= 0.6 is 0 Å². The Kier molecular flexibility index (Phi) is 3.95. The minimum Gasteiger partial charge on any atom is -0.370 e. The molecular formula is C12H18N6. The summed E-state index contributed by atoms with van der Waals surface area (Å²) in [5, 5.41) is 12.1. The number of hydrogen-bond donors (Lipinski definition) is 1. The normalized spacial score (nSPS) is 19.5. The molecule has 1 unspecified atom stereocenters. The predicted octanol–water partition coefficient (Wildman–Crippen LogP) is 0.757. The van der Waals surface area contributed by atoms with E-state index in [4.69, 9.17) is 5.26 Å². The van der Waals surface area contributed by atoms with Crippen molar-refractivity contribution >= 4 is 11.6 Å². The molecule has 1 N–H and O–H groups in total. The zero-order valence-electron chi connectivity index (χ0n) is 10.8. The molecule has 1 aliphatic rings. The van der Waals surface area contributed by atoms with Crippen LogP contribution in [0.1, 0.15) is 6.42 Å². The fourth-order valence-electron chi connectivity index (χ4n) is 2.12. The number of nitrogens with zero attached hydrogens (tertiary/aromatic N) is 5. The molecule has 1 saturated heterocycles. The highest BCUT2D eigenvalue weighted by Crippen LogP contribution is 2.16. The van der Waals surface area contributed by atoms with Crippen molar-refractivity contribution in [3.8, 4) is 6.19 Å². The van der Waals surface area contributed by atoms with Gasteiger partial charge in [0.2, 0.25) is 0 Å². The number of aromatic nitrogens is 2. The average Bonchev–Trinajstić information content (AvgIpc) is 2.81. The lowest BCUT2D eigenvalue weighted by Gasteiger charge is -2.13. The van der Waals surface area contributed by atoms with Crippen LogP contribution in [0.4, 0.5) is 11.6 Å². The summed E-state index contributed by atoms with van der Waals surface area (Å²) >= 11 is 0. The lowest BCUT2D eigenvalue weighted by molar-refractivity contribution is 0.399. The largest absolute Gasteiger partial charge is 0.370 e. The van der Waals surface area contributed by atoms with E-state index in [-0.39, 0.29) is 0 Å². The van der Waals surface area contributed by atoms with E-state index < -0.39 is 0 Å². The van der Waals surface area contributed by atoms with Gasteiger partial charge in [-0.25, -0.2) is 9.97 Å². The SMILES string of the molecule is CN1CCC(CNc2cc(N(C)C#N)ncn2)C1. The average molecular weight is 246 g/mol. The Labute approximate surface area is 107 Å². The van der Waals surface area contributed by atoms with Crippen molar-refractivity contribution < 1.29 is 0 Å². The molecule has 18 heavy (non-hydrogen) atoms. The van der Waals surface area contributed by atoms with E-state index in [9.17, 15) is 0 Å². The summed E-state index contributed by atoms with van der Waals surface area (Å²) in [5.74, 6) is 2.05. The smallest absolute Gasteiger partial charge is 0.185 e. The summed E-state index contributed by atoms with van der Waals surface area (Å²) in [6.07, 6.45) is 4.72. The van der Waals surface area contributed by atoms with Gasteiger partial charge in [-0.2, -0.15) is 5.26 Å². The van der Waals surface area contributed by atoms with Gasteiger partial charge in [0.25, 0.3) is 0 Å². The first-order chi connectivity index (χ1) is 8.69. The van der Waals surface area contributed by atoms with Crippen molar-refractivity contribution in [1.29, 1.82) is 5.26 Å². The second-order valence-corrected chi connectivity index (χ2v) is 4.72. The minimum atomic E-state index is 0.610. The van der Waals surface area contributed by atoms with Crippen LogP contribution in [0.2, 0.25) is 0 Å². The molecular weight excluding hydrogens is 228 g/mol. The van der Waals surface area contributed by atoms with Crippen LogP contribution in [0.15, 0.2) is 12.4 Å². The topological polar surface area (TPSA) is 68.1 Å². The first-order valence-corrected chi connectivity index (χ1v) is 6.07. The summed E-state index contributed by atoms with van der Waals surface area (Å²) < 4.78 is 0. The van der Waals surface area contributed by atoms with Crippen LogP contribution < -0.4 is 10.2 Å². The van der Waals surface area contributed by atoms with Gasteiger partial charge in [-0.1, -0.05) is 0 Å². The van der Waals surface area contributed by atoms with E-state index in [2.05, 4.69) is 27.2 Å². The van der Waals surface area contributed by atoms with E-state index in [0.29, 0.717) is 11.7 Å². The highest BCUT2D eigenvalue weighted by molar-refractivity contribution is 5.50. The van der Waals surface area contributed by atoms with Gasteiger partial charge in [-0.15, -0.1) is 0 Å². The third-order valence-corrected chi connectivity index (χ3v) is 3.21. The third kappa shape index (κ3) is 3.08. The summed E-state index contributed by atoms with van der Waals surface area (Å²) in [4.78, 5) is 12.0. The molecule has 6 heteroatoms. The third-order valence-electron chi connectivity index (χ3n) is 3.21. The van der Waals surface area contributed by atoms with Crippen LogP contribution in [0.25, 0.3) is 0 Å². The molecule has 1 aromatic heterocycles. The fourth-order valence-corrected chi connectivity index (χ4v) is 2.12. The Morgan fingerprint density at radius 2 is 2.44 bits per heavy atom. The number of rotatable bonds is 4. The van der Waals surface area contributed by atoms with Gasteiger partial charge in [-0.3, -0.25) is 4.90 Å². The van der Waals surface area contributed by atoms with Gasteiger partial charge in [0.1, 0.15) is 18.0 Å². The van der Waals surface area contributed by atoms with Crippen LogP contribution in [-0.4, -0.2) is 48.6 Å². The maximum Gasteiger partial charge on any atom is 0.185 e. The van der Waals surface area contributed by atoms with Crippen molar-refractivity contribution in [2.75, 3.05) is 43.9 Å². The molecule has 0 aromatic carbocycles. The molecule has 0 radical (unpaired) electrons. The monoisotopic (exact) mass is 246 g/mol. The van der Waals surface area contributed by atoms with E-state index in [1.54, 1.807) is 13.1 Å². The summed E-state index contributed by atoms with van der Waals surface area (Å²) in [5.41, 5.74) is 0. The van der Waals surface area contributed by atoms with Crippen molar-refractivity contribution in [3.63, 3.8) is 0 Å². The van der Waals surface area contributed by atoms with Gasteiger partial charge >= 0.3 is 0 Å². The quantitative estimate of drug-likeness (QED) is 0.625. The van der Waals surface area contributed by atoms with Crippen molar-refractivity contribution in [2.45, 2.75) is 6.42 Å². The lowest BCUT2D eigenvalue weighted by Crippen LogP contribution is -2.19. The molecule has 0 saturated carbocycles. The van der Waals surface area contributed by atoms with Gasteiger partial charge in [0, 0.05) is 26.2 Å². The van der Waals surface area contributed by atoms with E-state index >= 15 is 0 Å². The number of anilines is 2. The maximum atomic E-state index is 8.80. The Hall–Kier alpha value is -1.87. The van der Waals surface area contributed by atoms with Gasteiger partial charge in [0.15, 0.2) is 6.19 Å². The van der Waals surface area contributed by atoms with Crippen LogP contribution in [0.3, 0.4) is 0 Å². The molecule has 0 amide bonds. The van der Waals surface area contributed by atoms with E-state index in [0.717, 1.165) is 18.9 Å². The molecule has 2 heterocycles. The zero-order chi connectivity index (χ0) is 13.0. The number of nitriles is 1. The first-order valence-electron chi connectivity index (χ1n) is 6.07.